The van der Waals surface area contributed by atoms with Crippen molar-refractivity contribution in [1.82, 2.24) is 19.4 Å². The zero-order valence-corrected chi connectivity index (χ0v) is 18.7. The van der Waals surface area contributed by atoms with Crippen molar-refractivity contribution in [2.45, 2.75) is 25.4 Å². The van der Waals surface area contributed by atoms with Gasteiger partial charge in [-0.3, -0.25) is 9.69 Å². The standard InChI is InChI=1S/C24H26ClN5O2/c25-18-4-5-20-19(11-18)24(29-6-8-32-9-7-29)27-22(26-20)15-28-12-16-10-17(14-28)21-2-1-3-23(31)30(21)13-16/h1-5,11,16-17H,6-10,12-15H2. The van der Waals surface area contributed by atoms with Crippen LogP contribution in [0.15, 0.2) is 41.2 Å². The maximum Gasteiger partial charge on any atom is 0.250 e. The van der Waals surface area contributed by atoms with Gasteiger partial charge >= 0.3 is 0 Å². The summed E-state index contributed by atoms with van der Waals surface area (Å²) in [5.41, 5.74) is 2.22. The van der Waals surface area contributed by atoms with Gasteiger partial charge < -0.3 is 14.2 Å². The van der Waals surface area contributed by atoms with E-state index in [1.165, 1.54) is 5.69 Å². The van der Waals surface area contributed by atoms with Crippen LogP contribution in [0.2, 0.25) is 5.02 Å². The normalized spacial score (nSPS) is 23.3. The number of fused-ring (bicyclic) bond motifs is 5. The topological polar surface area (TPSA) is 63.5 Å². The van der Waals surface area contributed by atoms with Crippen LogP contribution in [0, 0.1) is 5.92 Å². The molecule has 2 atom stereocenters. The molecule has 3 aromatic rings. The average molecular weight is 452 g/mol. The van der Waals surface area contributed by atoms with Crippen molar-refractivity contribution in [3.8, 4) is 0 Å². The Bertz CT molecular complexity index is 1220. The van der Waals surface area contributed by atoms with Gasteiger partial charge in [0.05, 0.1) is 25.3 Å². The molecule has 3 aliphatic heterocycles. The third-order valence-corrected chi connectivity index (χ3v) is 7.15. The molecule has 32 heavy (non-hydrogen) atoms. The van der Waals surface area contributed by atoms with Crippen LogP contribution < -0.4 is 10.5 Å². The molecule has 2 bridgehead atoms. The second kappa shape index (κ2) is 8.14. The number of halogens is 1. The Balaban J connectivity index is 1.31. The van der Waals surface area contributed by atoms with Crippen molar-refractivity contribution in [2.75, 3.05) is 44.3 Å². The van der Waals surface area contributed by atoms with Gasteiger partial charge in [0.15, 0.2) is 0 Å². The van der Waals surface area contributed by atoms with Crippen molar-refractivity contribution in [1.29, 1.82) is 0 Å². The molecular weight excluding hydrogens is 426 g/mol. The van der Waals surface area contributed by atoms with Gasteiger partial charge in [-0.1, -0.05) is 17.7 Å². The van der Waals surface area contributed by atoms with E-state index in [2.05, 4.69) is 15.9 Å². The summed E-state index contributed by atoms with van der Waals surface area (Å²) in [6.07, 6.45) is 1.15. The number of anilines is 1. The fraction of sp³-hybridized carbons (Fsp3) is 0.458. The van der Waals surface area contributed by atoms with Gasteiger partial charge in [0.2, 0.25) is 0 Å². The maximum absolute atomic E-state index is 12.3. The Morgan fingerprint density at radius 1 is 1.06 bits per heavy atom. The van der Waals surface area contributed by atoms with Gasteiger partial charge in [0.25, 0.3) is 5.56 Å². The first-order valence-electron chi connectivity index (χ1n) is 11.3. The molecule has 0 amide bonds. The van der Waals surface area contributed by atoms with Crippen LogP contribution in [-0.4, -0.2) is 58.8 Å². The molecule has 0 aliphatic carbocycles. The smallest absolute Gasteiger partial charge is 0.250 e. The van der Waals surface area contributed by atoms with Crippen molar-refractivity contribution in [3.05, 3.63) is 63.3 Å². The van der Waals surface area contributed by atoms with E-state index in [1.54, 1.807) is 6.07 Å². The lowest BCUT2D eigenvalue weighted by atomic mass is 9.83. The van der Waals surface area contributed by atoms with Gasteiger partial charge in [-0.25, -0.2) is 9.97 Å². The summed E-state index contributed by atoms with van der Waals surface area (Å²) in [5, 5.41) is 1.69. The van der Waals surface area contributed by atoms with E-state index in [9.17, 15) is 4.79 Å². The molecule has 7 nitrogen and oxygen atoms in total. The summed E-state index contributed by atoms with van der Waals surface area (Å²) >= 11 is 6.30. The van der Waals surface area contributed by atoms with Crippen LogP contribution in [0.1, 0.15) is 23.9 Å². The second-order valence-corrected chi connectivity index (χ2v) is 9.55. The Labute approximate surface area is 191 Å². The van der Waals surface area contributed by atoms with Gasteiger partial charge in [0.1, 0.15) is 11.6 Å². The first-order valence-corrected chi connectivity index (χ1v) is 11.7. The number of hydrogen-bond acceptors (Lipinski definition) is 6. The van der Waals surface area contributed by atoms with E-state index in [1.807, 2.05) is 28.8 Å². The summed E-state index contributed by atoms with van der Waals surface area (Å²) in [6, 6.07) is 11.5. The average Bonchev–Trinajstić information content (AvgIpc) is 2.80. The van der Waals surface area contributed by atoms with E-state index in [-0.39, 0.29) is 5.56 Å². The Morgan fingerprint density at radius 2 is 1.94 bits per heavy atom. The highest BCUT2D eigenvalue weighted by Crippen LogP contribution is 2.35. The SMILES string of the molecule is O=c1cccc2n1CC1CC2CN(Cc2nc(N3CCOCC3)c3cc(Cl)ccc3n2)C1. The number of aromatic nitrogens is 3. The minimum atomic E-state index is 0.123. The monoisotopic (exact) mass is 451 g/mol. The first kappa shape index (κ1) is 20.1. The fourth-order valence-electron chi connectivity index (χ4n) is 5.54. The summed E-state index contributed by atoms with van der Waals surface area (Å²) in [7, 11) is 0. The van der Waals surface area contributed by atoms with E-state index in [0.29, 0.717) is 36.6 Å². The zero-order chi connectivity index (χ0) is 21.7. The highest BCUT2D eigenvalue weighted by molar-refractivity contribution is 6.31. The molecule has 2 fully saturated rings. The van der Waals surface area contributed by atoms with E-state index in [4.69, 9.17) is 26.3 Å². The summed E-state index contributed by atoms with van der Waals surface area (Å²) in [5.74, 6) is 2.66. The summed E-state index contributed by atoms with van der Waals surface area (Å²) in [6.45, 7) is 6.44. The third kappa shape index (κ3) is 3.68. The quantitative estimate of drug-likeness (QED) is 0.610. The van der Waals surface area contributed by atoms with Crippen molar-refractivity contribution >= 4 is 28.3 Å². The minimum Gasteiger partial charge on any atom is -0.378 e. The fourth-order valence-corrected chi connectivity index (χ4v) is 5.72. The van der Waals surface area contributed by atoms with Crippen LogP contribution >= 0.6 is 11.6 Å². The number of piperidine rings is 1. The molecule has 166 valence electrons. The molecule has 8 heteroatoms. The number of benzene rings is 1. The van der Waals surface area contributed by atoms with E-state index < -0.39 is 0 Å². The Morgan fingerprint density at radius 3 is 2.81 bits per heavy atom. The molecular formula is C24H26ClN5O2. The molecule has 0 spiro atoms. The Kier molecular flexibility index (Phi) is 5.12. The lowest BCUT2D eigenvalue weighted by molar-refractivity contribution is 0.112. The van der Waals surface area contributed by atoms with Gasteiger partial charge in [-0.2, -0.15) is 0 Å². The van der Waals surface area contributed by atoms with Crippen molar-refractivity contribution < 1.29 is 4.74 Å². The van der Waals surface area contributed by atoms with Crippen LogP contribution in [0.25, 0.3) is 10.9 Å². The molecule has 3 aliphatic rings. The lowest BCUT2D eigenvalue weighted by Crippen LogP contribution is -2.46. The van der Waals surface area contributed by atoms with Crippen LogP contribution in [0.4, 0.5) is 5.82 Å². The van der Waals surface area contributed by atoms with Gasteiger partial charge in [0, 0.05) is 60.8 Å². The molecule has 0 saturated carbocycles. The van der Waals surface area contributed by atoms with E-state index in [0.717, 1.165) is 61.7 Å². The summed E-state index contributed by atoms with van der Waals surface area (Å²) in [4.78, 5) is 27.0. The number of likely N-dealkylation sites (tertiary alicyclic amines) is 1. The predicted molar refractivity (Wildman–Crippen MR) is 124 cm³/mol. The number of morpholine rings is 1. The van der Waals surface area contributed by atoms with Gasteiger partial charge in [-0.15, -0.1) is 0 Å². The first-order chi connectivity index (χ1) is 15.6. The van der Waals surface area contributed by atoms with Gasteiger partial charge in [-0.05, 0) is 36.6 Å². The molecule has 0 radical (unpaired) electrons. The zero-order valence-electron chi connectivity index (χ0n) is 17.9. The number of hydrogen-bond donors (Lipinski definition) is 0. The predicted octanol–water partition coefficient (Wildman–Crippen LogP) is 2.90. The highest BCUT2D eigenvalue weighted by Gasteiger charge is 2.34. The van der Waals surface area contributed by atoms with E-state index >= 15 is 0 Å². The molecule has 6 rings (SSSR count). The third-order valence-electron chi connectivity index (χ3n) is 6.91. The van der Waals surface area contributed by atoms with Crippen LogP contribution in [0.5, 0.6) is 0 Å². The number of rotatable bonds is 3. The lowest BCUT2D eigenvalue weighted by Gasteiger charge is -2.42. The summed E-state index contributed by atoms with van der Waals surface area (Å²) < 4.78 is 7.52. The maximum atomic E-state index is 12.3. The van der Waals surface area contributed by atoms with Crippen LogP contribution in [-0.2, 0) is 17.8 Å². The number of ether oxygens (including phenoxy) is 1. The molecule has 5 heterocycles. The van der Waals surface area contributed by atoms with Crippen LogP contribution in [0.3, 0.4) is 0 Å². The Hall–Kier alpha value is -2.48. The minimum absolute atomic E-state index is 0.123. The molecule has 2 aromatic heterocycles. The molecule has 1 aromatic carbocycles. The highest BCUT2D eigenvalue weighted by atomic mass is 35.5. The number of pyridine rings is 1. The molecule has 0 N–H and O–H groups in total. The molecule has 2 saturated heterocycles. The number of nitrogens with zero attached hydrogens (tertiary/aromatic N) is 5. The van der Waals surface area contributed by atoms with Crippen molar-refractivity contribution in [3.63, 3.8) is 0 Å². The largest absolute Gasteiger partial charge is 0.378 e. The molecule has 2 unspecified atom stereocenters. The second-order valence-electron chi connectivity index (χ2n) is 9.12. The van der Waals surface area contributed by atoms with Crippen molar-refractivity contribution in [2.24, 2.45) is 5.92 Å².